The van der Waals surface area contributed by atoms with E-state index in [1.165, 1.54) is 0 Å². The third-order valence-corrected chi connectivity index (χ3v) is 2.02. The molecule has 0 amide bonds. The van der Waals surface area contributed by atoms with Crippen LogP contribution in [0.4, 0.5) is 5.82 Å². The fraction of sp³-hybridized carbons (Fsp3) is 0.556. The van der Waals surface area contributed by atoms with Crippen molar-refractivity contribution < 1.29 is 0 Å². The molecule has 0 atom stereocenters. The van der Waals surface area contributed by atoms with E-state index in [2.05, 4.69) is 28.9 Å². The highest BCUT2D eigenvalue weighted by molar-refractivity contribution is 6.29. The minimum absolute atomic E-state index is 0.441. The second-order valence-corrected chi connectivity index (χ2v) is 3.18. The summed E-state index contributed by atoms with van der Waals surface area (Å²) in [6.45, 7) is 6.20. The van der Waals surface area contributed by atoms with E-state index in [1.807, 2.05) is 6.07 Å². The van der Waals surface area contributed by atoms with Gasteiger partial charge in [0.2, 0.25) is 0 Å². The summed E-state index contributed by atoms with van der Waals surface area (Å²) in [4.78, 5) is 2.17. The molecule has 0 aliphatic heterocycles. The standard InChI is InChI=1S/C9H14ClN3/c1-3-7-13(4-2)9-6-5-8(10)11-12-9/h5-6H,3-4,7H2,1-2H3. The van der Waals surface area contributed by atoms with Crippen molar-refractivity contribution in [2.24, 2.45) is 0 Å². The largest absolute Gasteiger partial charge is 0.355 e. The van der Waals surface area contributed by atoms with E-state index in [1.54, 1.807) is 6.07 Å². The Kier molecular flexibility index (Phi) is 3.96. The first-order valence-electron chi connectivity index (χ1n) is 4.52. The maximum atomic E-state index is 5.64. The fourth-order valence-corrected chi connectivity index (χ4v) is 1.28. The summed E-state index contributed by atoms with van der Waals surface area (Å²) < 4.78 is 0. The number of aromatic nitrogens is 2. The average Bonchev–Trinajstić information content (AvgIpc) is 2.16. The van der Waals surface area contributed by atoms with Gasteiger partial charge in [-0.25, -0.2) is 0 Å². The fourth-order valence-electron chi connectivity index (χ4n) is 1.18. The van der Waals surface area contributed by atoms with Crippen molar-refractivity contribution in [3.63, 3.8) is 0 Å². The second kappa shape index (κ2) is 5.02. The van der Waals surface area contributed by atoms with Gasteiger partial charge in [-0.1, -0.05) is 18.5 Å². The van der Waals surface area contributed by atoms with Crippen molar-refractivity contribution in [2.75, 3.05) is 18.0 Å². The minimum atomic E-state index is 0.441. The molecule has 0 fully saturated rings. The van der Waals surface area contributed by atoms with Gasteiger partial charge in [-0.15, -0.1) is 10.2 Å². The number of halogens is 1. The van der Waals surface area contributed by atoms with Crippen LogP contribution in [0.5, 0.6) is 0 Å². The van der Waals surface area contributed by atoms with Crippen LogP contribution in [0.1, 0.15) is 20.3 Å². The molecule has 13 heavy (non-hydrogen) atoms. The Hall–Kier alpha value is -0.830. The summed E-state index contributed by atoms with van der Waals surface area (Å²) in [7, 11) is 0. The Morgan fingerprint density at radius 2 is 2.08 bits per heavy atom. The highest BCUT2D eigenvalue weighted by Gasteiger charge is 2.03. The molecule has 72 valence electrons. The SMILES string of the molecule is CCCN(CC)c1ccc(Cl)nn1. The lowest BCUT2D eigenvalue weighted by Crippen LogP contribution is -2.24. The smallest absolute Gasteiger partial charge is 0.151 e. The molecule has 4 heteroatoms. The maximum Gasteiger partial charge on any atom is 0.151 e. The summed E-state index contributed by atoms with van der Waals surface area (Å²) in [5, 5.41) is 8.26. The van der Waals surface area contributed by atoms with Crippen molar-refractivity contribution in [3.05, 3.63) is 17.3 Å². The van der Waals surface area contributed by atoms with Crippen LogP contribution in [0.15, 0.2) is 12.1 Å². The topological polar surface area (TPSA) is 29.0 Å². The van der Waals surface area contributed by atoms with Crippen molar-refractivity contribution in [3.8, 4) is 0 Å². The lowest BCUT2D eigenvalue weighted by atomic mass is 10.4. The highest BCUT2D eigenvalue weighted by atomic mass is 35.5. The zero-order valence-electron chi connectivity index (χ0n) is 8.00. The lowest BCUT2D eigenvalue weighted by Gasteiger charge is -2.19. The number of anilines is 1. The van der Waals surface area contributed by atoms with Crippen molar-refractivity contribution in [1.82, 2.24) is 10.2 Å². The zero-order valence-corrected chi connectivity index (χ0v) is 8.75. The van der Waals surface area contributed by atoms with Crippen molar-refractivity contribution in [2.45, 2.75) is 20.3 Å². The maximum absolute atomic E-state index is 5.64. The summed E-state index contributed by atoms with van der Waals surface area (Å²) in [6.07, 6.45) is 1.11. The molecule has 0 aromatic carbocycles. The van der Waals surface area contributed by atoms with Gasteiger partial charge in [-0.2, -0.15) is 0 Å². The van der Waals surface area contributed by atoms with Gasteiger partial charge in [-0.05, 0) is 25.5 Å². The van der Waals surface area contributed by atoms with Crippen LogP contribution in [0.25, 0.3) is 0 Å². The first-order valence-corrected chi connectivity index (χ1v) is 4.90. The average molecular weight is 200 g/mol. The molecule has 3 nitrogen and oxygen atoms in total. The highest BCUT2D eigenvalue weighted by Crippen LogP contribution is 2.11. The van der Waals surface area contributed by atoms with Crippen LogP contribution in [0.2, 0.25) is 5.15 Å². The number of rotatable bonds is 4. The summed E-state index contributed by atoms with van der Waals surface area (Å²) in [5.41, 5.74) is 0. The normalized spacial score (nSPS) is 10.1. The van der Waals surface area contributed by atoms with Gasteiger partial charge in [0.15, 0.2) is 11.0 Å². The molecule has 0 spiro atoms. The summed E-state index contributed by atoms with van der Waals surface area (Å²) in [6, 6.07) is 3.66. The zero-order chi connectivity index (χ0) is 9.68. The van der Waals surface area contributed by atoms with Gasteiger partial charge in [-0.3, -0.25) is 0 Å². The van der Waals surface area contributed by atoms with Gasteiger partial charge < -0.3 is 4.90 Å². The Bertz CT molecular complexity index is 248. The molecule has 1 aromatic heterocycles. The Labute approximate surface area is 83.7 Å². The van der Waals surface area contributed by atoms with Crippen LogP contribution in [-0.4, -0.2) is 23.3 Å². The molecule has 0 radical (unpaired) electrons. The molecule has 0 N–H and O–H groups in total. The van der Waals surface area contributed by atoms with Crippen LogP contribution in [0, 0.1) is 0 Å². The van der Waals surface area contributed by atoms with Crippen molar-refractivity contribution >= 4 is 17.4 Å². The predicted molar refractivity (Wildman–Crippen MR) is 55.2 cm³/mol. The van der Waals surface area contributed by atoms with Crippen LogP contribution in [-0.2, 0) is 0 Å². The van der Waals surface area contributed by atoms with Gasteiger partial charge >= 0.3 is 0 Å². The predicted octanol–water partition coefficient (Wildman–Crippen LogP) is 2.37. The van der Waals surface area contributed by atoms with Gasteiger partial charge in [0, 0.05) is 13.1 Å². The van der Waals surface area contributed by atoms with E-state index < -0.39 is 0 Å². The number of hydrogen-bond acceptors (Lipinski definition) is 3. The Morgan fingerprint density at radius 3 is 2.54 bits per heavy atom. The second-order valence-electron chi connectivity index (χ2n) is 2.79. The number of hydrogen-bond donors (Lipinski definition) is 0. The molecule has 0 saturated heterocycles. The Morgan fingerprint density at radius 1 is 1.31 bits per heavy atom. The van der Waals surface area contributed by atoms with Gasteiger partial charge in [0.05, 0.1) is 0 Å². The third-order valence-electron chi connectivity index (χ3n) is 1.82. The molecule has 1 rings (SSSR count). The number of nitrogens with zero attached hydrogens (tertiary/aromatic N) is 3. The lowest BCUT2D eigenvalue weighted by molar-refractivity contribution is 0.767. The van der Waals surface area contributed by atoms with E-state index in [4.69, 9.17) is 11.6 Å². The molecule has 0 aliphatic rings. The molecule has 0 bridgehead atoms. The quantitative estimate of drug-likeness (QED) is 0.746. The van der Waals surface area contributed by atoms with Crippen LogP contribution in [0.3, 0.4) is 0 Å². The van der Waals surface area contributed by atoms with E-state index in [9.17, 15) is 0 Å². The molecule has 1 aromatic rings. The minimum Gasteiger partial charge on any atom is -0.355 e. The van der Waals surface area contributed by atoms with E-state index >= 15 is 0 Å². The molecular weight excluding hydrogens is 186 g/mol. The molecule has 0 saturated carbocycles. The Balaban J connectivity index is 2.73. The summed E-state index contributed by atoms with van der Waals surface area (Å²) >= 11 is 5.64. The summed E-state index contributed by atoms with van der Waals surface area (Å²) in [5.74, 6) is 0.897. The van der Waals surface area contributed by atoms with E-state index in [-0.39, 0.29) is 0 Å². The third kappa shape index (κ3) is 2.84. The van der Waals surface area contributed by atoms with Crippen molar-refractivity contribution in [1.29, 1.82) is 0 Å². The van der Waals surface area contributed by atoms with Gasteiger partial charge in [0.25, 0.3) is 0 Å². The van der Waals surface area contributed by atoms with Crippen LogP contribution < -0.4 is 4.90 Å². The van der Waals surface area contributed by atoms with E-state index in [0.717, 1.165) is 25.3 Å². The molecular formula is C9H14ClN3. The molecule has 0 unspecified atom stereocenters. The van der Waals surface area contributed by atoms with E-state index in [0.29, 0.717) is 5.15 Å². The van der Waals surface area contributed by atoms with Gasteiger partial charge in [0.1, 0.15) is 0 Å². The molecule has 1 heterocycles. The first-order chi connectivity index (χ1) is 6.27. The monoisotopic (exact) mass is 199 g/mol. The molecule has 0 aliphatic carbocycles. The first kappa shape index (κ1) is 10.3. The van der Waals surface area contributed by atoms with Crippen LogP contribution >= 0.6 is 11.6 Å².